The Hall–Kier alpha value is -1.82. The van der Waals surface area contributed by atoms with E-state index in [-0.39, 0.29) is 5.91 Å². The van der Waals surface area contributed by atoms with Gasteiger partial charge in [0, 0.05) is 44.5 Å². The van der Waals surface area contributed by atoms with Gasteiger partial charge in [0.1, 0.15) is 0 Å². The van der Waals surface area contributed by atoms with Gasteiger partial charge >= 0.3 is 0 Å². The summed E-state index contributed by atoms with van der Waals surface area (Å²) in [6, 6.07) is 0. The molecule has 3 heterocycles. The van der Waals surface area contributed by atoms with Gasteiger partial charge in [-0.3, -0.25) is 9.48 Å². The lowest BCUT2D eigenvalue weighted by molar-refractivity contribution is 0.0633. The van der Waals surface area contributed by atoms with E-state index in [9.17, 15) is 4.79 Å². The minimum Gasteiger partial charge on any atom is -0.431 e. The number of hydrogen-bond donors (Lipinski definition) is 0. The van der Waals surface area contributed by atoms with Crippen molar-refractivity contribution in [2.24, 2.45) is 7.05 Å². The van der Waals surface area contributed by atoms with Gasteiger partial charge in [-0.1, -0.05) is 0 Å². The van der Waals surface area contributed by atoms with Gasteiger partial charge in [0.25, 0.3) is 5.91 Å². The normalized spacial score (nSPS) is 17.1. The van der Waals surface area contributed by atoms with Crippen molar-refractivity contribution in [3.05, 3.63) is 17.0 Å². The van der Waals surface area contributed by atoms with Crippen molar-refractivity contribution >= 4 is 17.0 Å². The molecule has 1 aliphatic heterocycles. The van der Waals surface area contributed by atoms with Gasteiger partial charge in [-0.05, 0) is 20.9 Å². The zero-order chi connectivity index (χ0) is 14.4. The van der Waals surface area contributed by atoms with E-state index in [1.807, 2.05) is 25.8 Å². The monoisotopic (exact) mass is 276 g/mol. The predicted molar refractivity (Wildman–Crippen MR) is 75.9 cm³/mol. The number of aromatic nitrogens is 2. The molecule has 0 unspecified atom stereocenters. The second kappa shape index (κ2) is 4.63. The van der Waals surface area contributed by atoms with Crippen LogP contribution in [0.15, 0.2) is 4.42 Å². The quantitative estimate of drug-likeness (QED) is 0.784. The van der Waals surface area contributed by atoms with Crippen molar-refractivity contribution in [3.63, 3.8) is 0 Å². The molecular weight excluding hydrogens is 256 g/mol. The molecule has 0 N–H and O–H groups in total. The van der Waals surface area contributed by atoms with Gasteiger partial charge in [0.2, 0.25) is 5.71 Å². The summed E-state index contributed by atoms with van der Waals surface area (Å²) >= 11 is 0. The number of hydrogen-bond acceptors (Lipinski definition) is 4. The molecule has 6 heteroatoms. The fourth-order valence-corrected chi connectivity index (χ4v) is 2.72. The third kappa shape index (κ3) is 1.91. The van der Waals surface area contributed by atoms with Crippen LogP contribution in [-0.4, -0.2) is 58.7 Å². The SMILES string of the molecule is Cc1c(C(=O)N2CCN(C)CC2)oc2nn(C)c(C)c12. The van der Waals surface area contributed by atoms with E-state index in [0.29, 0.717) is 11.5 Å². The maximum Gasteiger partial charge on any atom is 0.290 e. The molecule has 0 atom stereocenters. The van der Waals surface area contributed by atoms with Crippen molar-refractivity contribution in [1.29, 1.82) is 0 Å². The molecular formula is C14H20N4O2. The summed E-state index contributed by atoms with van der Waals surface area (Å²) in [4.78, 5) is 16.7. The second-order valence-electron chi connectivity index (χ2n) is 5.54. The lowest BCUT2D eigenvalue weighted by Gasteiger charge is -2.31. The van der Waals surface area contributed by atoms with Crippen molar-refractivity contribution < 1.29 is 9.21 Å². The van der Waals surface area contributed by atoms with Crippen LogP contribution in [-0.2, 0) is 7.05 Å². The summed E-state index contributed by atoms with van der Waals surface area (Å²) < 4.78 is 7.49. The van der Waals surface area contributed by atoms with Crippen LogP contribution in [0.25, 0.3) is 11.1 Å². The maximum absolute atomic E-state index is 12.6. The molecule has 1 aliphatic rings. The Morgan fingerprint density at radius 3 is 2.40 bits per heavy atom. The number of likely N-dealkylation sites (N-methyl/N-ethyl adjacent to an activating group) is 1. The highest BCUT2D eigenvalue weighted by molar-refractivity contribution is 5.99. The number of rotatable bonds is 1. The number of carbonyl (C=O) groups excluding carboxylic acids is 1. The molecule has 2 aromatic rings. The minimum absolute atomic E-state index is 0.0179. The highest BCUT2D eigenvalue weighted by Crippen LogP contribution is 2.28. The van der Waals surface area contributed by atoms with Gasteiger partial charge in [0.05, 0.1) is 5.39 Å². The van der Waals surface area contributed by atoms with Crippen molar-refractivity contribution in [2.75, 3.05) is 33.2 Å². The number of aryl methyl sites for hydroxylation is 3. The molecule has 0 saturated carbocycles. The number of amides is 1. The van der Waals surface area contributed by atoms with Crippen LogP contribution in [0.1, 0.15) is 21.8 Å². The summed E-state index contributed by atoms with van der Waals surface area (Å²) in [5, 5.41) is 5.27. The Bertz CT molecular complexity index is 662. The molecule has 0 spiro atoms. The first-order valence-electron chi connectivity index (χ1n) is 6.89. The van der Waals surface area contributed by atoms with Crippen LogP contribution in [0.5, 0.6) is 0 Å². The maximum atomic E-state index is 12.6. The van der Waals surface area contributed by atoms with Gasteiger partial charge in [-0.2, -0.15) is 0 Å². The Kier molecular flexibility index (Phi) is 3.05. The zero-order valence-corrected chi connectivity index (χ0v) is 12.4. The zero-order valence-electron chi connectivity index (χ0n) is 12.4. The van der Waals surface area contributed by atoms with Crippen molar-refractivity contribution in [2.45, 2.75) is 13.8 Å². The van der Waals surface area contributed by atoms with E-state index < -0.39 is 0 Å². The molecule has 0 aromatic carbocycles. The molecule has 1 amide bonds. The smallest absolute Gasteiger partial charge is 0.290 e. The molecule has 3 rings (SSSR count). The fourth-order valence-electron chi connectivity index (χ4n) is 2.72. The molecule has 0 radical (unpaired) electrons. The van der Waals surface area contributed by atoms with Gasteiger partial charge in [0.15, 0.2) is 5.76 Å². The first-order chi connectivity index (χ1) is 9.49. The van der Waals surface area contributed by atoms with Crippen LogP contribution in [0, 0.1) is 13.8 Å². The second-order valence-corrected chi connectivity index (χ2v) is 5.54. The first kappa shape index (κ1) is 13.2. The Labute approximate surface area is 117 Å². The van der Waals surface area contributed by atoms with E-state index in [1.165, 1.54) is 0 Å². The van der Waals surface area contributed by atoms with Gasteiger partial charge in [-0.15, -0.1) is 5.10 Å². The number of carbonyl (C=O) groups is 1. The standard InChI is InChI=1S/C14H20N4O2/c1-9-11-10(2)17(4)15-13(11)20-12(9)14(19)18-7-5-16(3)6-8-18/h5-8H2,1-4H3. The molecule has 0 bridgehead atoms. The highest BCUT2D eigenvalue weighted by Gasteiger charge is 2.27. The van der Waals surface area contributed by atoms with E-state index in [1.54, 1.807) is 4.68 Å². The molecule has 1 fully saturated rings. The van der Waals surface area contributed by atoms with E-state index in [4.69, 9.17) is 4.42 Å². The number of piperazine rings is 1. The molecule has 1 saturated heterocycles. The molecule has 108 valence electrons. The van der Waals surface area contributed by atoms with Gasteiger partial charge < -0.3 is 14.2 Å². The lowest BCUT2D eigenvalue weighted by Crippen LogP contribution is -2.47. The summed E-state index contributed by atoms with van der Waals surface area (Å²) in [7, 11) is 3.95. The predicted octanol–water partition coefficient (Wildman–Crippen LogP) is 1.17. The third-order valence-corrected chi connectivity index (χ3v) is 4.20. The summed E-state index contributed by atoms with van der Waals surface area (Å²) in [6.07, 6.45) is 0. The lowest BCUT2D eigenvalue weighted by atomic mass is 10.1. The number of nitrogens with zero attached hydrogens (tertiary/aromatic N) is 4. The average Bonchev–Trinajstić information content (AvgIpc) is 2.88. The van der Waals surface area contributed by atoms with Crippen LogP contribution in [0.2, 0.25) is 0 Å². The summed E-state index contributed by atoms with van der Waals surface area (Å²) in [6.45, 7) is 7.23. The Morgan fingerprint density at radius 2 is 1.80 bits per heavy atom. The molecule has 6 nitrogen and oxygen atoms in total. The van der Waals surface area contributed by atoms with Gasteiger partial charge in [-0.25, -0.2) is 0 Å². The average molecular weight is 276 g/mol. The summed E-state index contributed by atoms with van der Waals surface area (Å²) in [5.41, 5.74) is 2.48. The van der Waals surface area contributed by atoms with E-state index in [2.05, 4.69) is 17.0 Å². The van der Waals surface area contributed by atoms with Crippen molar-refractivity contribution in [1.82, 2.24) is 19.6 Å². The molecule has 0 aliphatic carbocycles. The molecule has 2 aromatic heterocycles. The van der Waals surface area contributed by atoms with E-state index >= 15 is 0 Å². The third-order valence-electron chi connectivity index (χ3n) is 4.20. The largest absolute Gasteiger partial charge is 0.431 e. The summed E-state index contributed by atoms with van der Waals surface area (Å²) in [5.74, 6) is 0.423. The number of furan rings is 1. The molecule has 20 heavy (non-hydrogen) atoms. The Balaban J connectivity index is 1.94. The highest BCUT2D eigenvalue weighted by atomic mass is 16.4. The van der Waals surface area contributed by atoms with E-state index in [0.717, 1.165) is 42.8 Å². The first-order valence-corrected chi connectivity index (χ1v) is 6.89. The van der Waals surface area contributed by atoms with Crippen LogP contribution in [0.4, 0.5) is 0 Å². The van der Waals surface area contributed by atoms with Crippen LogP contribution in [0.3, 0.4) is 0 Å². The van der Waals surface area contributed by atoms with Crippen LogP contribution >= 0.6 is 0 Å². The van der Waals surface area contributed by atoms with Crippen LogP contribution < -0.4 is 0 Å². The minimum atomic E-state index is -0.0179. The van der Waals surface area contributed by atoms with Crippen molar-refractivity contribution in [3.8, 4) is 0 Å². The fraction of sp³-hybridized carbons (Fsp3) is 0.571. The Morgan fingerprint density at radius 1 is 1.15 bits per heavy atom. The number of fused-ring (bicyclic) bond motifs is 1. The topological polar surface area (TPSA) is 54.5 Å².